The minimum absolute atomic E-state index is 0.0349. The second kappa shape index (κ2) is 8.61. The van der Waals surface area contributed by atoms with Gasteiger partial charge in [-0.15, -0.1) is 11.8 Å². The van der Waals surface area contributed by atoms with Crippen molar-refractivity contribution in [1.29, 1.82) is 0 Å². The van der Waals surface area contributed by atoms with Gasteiger partial charge in [0.2, 0.25) is 5.91 Å². The summed E-state index contributed by atoms with van der Waals surface area (Å²) in [5, 5.41) is 3.80. The van der Waals surface area contributed by atoms with E-state index in [4.69, 9.17) is 11.6 Å². The van der Waals surface area contributed by atoms with Crippen LogP contribution in [-0.4, -0.2) is 49.8 Å². The number of para-hydroxylation sites is 2. The van der Waals surface area contributed by atoms with Gasteiger partial charge in [-0.2, -0.15) is 0 Å². The van der Waals surface area contributed by atoms with Crippen molar-refractivity contribution in [3.05, 3.63) is 53.6 Å². The second-order valence-electron chi connectivity index (χ2n) is 5.96. The molecule has 0 aromatic heterocycles. The fraction of sp³-hybridized carbons (Fsp3) is 0.316. The van der Waals surface area contributed by atoms with E-state index in [0.29, 0.717) is 6.54 Å². The Morgan fingerprint density at radius 3 is 2.48 bits per heavy atom. The molecule has 0 aliphatic carbocycles. The maximum Gasteiger partial charge on any atom is 0.238 e. The fourth-order valence-corrected chi connectivity index (χ4v) is 3.80. The summed E-state index contributed by atoms with van der Waals surface area (Å²) in [7, 11) is 0. The number of nitrogens with one attached hydrogen (secondary N) is 1. The Balaban J connectivity index is 1.52. The van der Waals surface area contributed by atoms with Gasteiger partial charge in [-0.1, -0.05) is 35.9 Å². The highest BCUT2D eigenvalue weighted by molar-refractivity contribution is 7.98. The van der Waals surface area contributed by atoms with Crippen molar-refractivity contribution in [3.63, 3.8) is 0 Å². The largest absolute Gasteiger partial charge is 0.368 e. The molecule has 0 radical (unpaired) electrons. The minimum atomic E-state index is 0.0349. The number of hydrogen-bond donors (Lipinski definition) is 1. The monoisotopic (exact) mass is 375 g/mol. The lowest BCUT2D eigenvalue weighted by atomic mass is 10.2. The third-order valence-corrected chi connectivity index (χ3v) is 5.43. The standard InChI is InChI=1S/C19H22ClN3OS/c1-25-18-9-5-3-7-16(18)21-19(24)14-22-10-12-23(13-11-22)17-8-4-2-6-15(17)20/h2-9H,10-14H2,1H3,(H,21,24). The number of carbonyl (C=O) groups excluding carboxylic acids is 1. The lowest BCUT2D eigenvalue weighted by Crippen LogP contribution is -2.48. The molecule has 1 fully saturated rings. The minimum Gasteiger partial charge on any atom is -0.368 e. The molecule has 1 N–H and O–H groups in total. The lowest BCUT2D eigenvalue weighted by molar-refractivity contribution is -0.117. The Kier molecular flexibility index (Phi) is 6.24. The number of anilines is 2. The van der Waals surface area contributed by atoms with Crippen molar-refractivity contribution in [3.8, 4) is 0 Å². The van der Waals surface area contributed by atoms with Crippen LogP contribution in [0.15, 0.2) is 53.4 Å². The first-order valence-corrected chi connectivity index (χ1v) is 9.92. The molecule has 1 aliphatic heterocycles. The van der Waals surface area contributed by atoms with Crippen LogP contribution in [0.5, 0.6) is 0 Å². The number of nitrogens with zero attached hydrogens (tertiary/aromatic N) is 2. The highest BCUT2D eigenvalue weighted by Crippen LogP contribution is 2.26. The first-order valence-electron chi connectivity index (χ1n) is 8.32. The van der Waals surface area contributed by atoms with Crippen molar-refractivity contribution in [2.45, 2.75) is 4.90 Å². The normalized spacial score (nSPS) is 15.2. The average molecular weight is 376 g/mol. The highest BCUT2D eigenvalue weighted by Gasteiger charge is 2.20. The Hall–Kier alpha value is -1.69. The number of amides is 1. The van der Waals surface area contributed by atoms with Crippen LogP contribution in [0.1, 0.15) is 0 Å². The highest BCUT2D eigenvalue weighted by atomic mass is 35.5. The van der Waals surface area contributed by atoms with Crippen LogP contribution < -0.4 is 10.2 Å². The number of rotatable bonds is 5. The molecular weight excluding hydrogens is 354 g/mol. The van der Waals surface area contributed by atoms with Gasteiger partial charge in [-0.05, 0) is 30.5 Å². The van der Waals surface area contributed by atoms with Gasteiger partial charge in [-0.3, -0.25) is 9.69 Å². The topological polar surface area (TPSA) is 35.6 Å². The maximum atomic E-state index is 12.4. The molecule has 1 amide bonds. The van der Waals surface area contributed by atoms with Crippen molar-refractivity contribution >= 4 is 40.6 Å². The smallest absolute Gasteiger partial charge is 0.238 e. The molecule has 6 heteroatoms. The molecule has 1 heterocycles. The molecule has 0 atom stereocenters. The molecule has 0 saturated carbocycles. The van der Waals surface area contributed by atoms with Gasteiger partial charge in [0.15, 0.2) is 0 Å². The van der Waals surface area contributed by atoms with Crippen LogP contribution in [0.3, 0.4) is 0 Å². The molecule has 1 aliphatic rings. The van der Waals surface area contributed by atoms with Gasteiger partial charge in [0, 0.05) is 31.1 Å². The molecule has 4 nitrogen and oxygen atoms in total. The first-order chi connectivity index (χ1) is 12.2. The predicted molar refractivity (Wildman–Crippen MR) is 107 cm³/mol. The number of carbonyl (C=O) groups is 1. The molecule has 132 valence electrons. The predicted octanol–water partition coefficient (Wildman–Crippen LogP) is 3.82. The third kappa shape index (κ3) is 4.69. The number of hydrogen-bond acceptors (Lipinski definition) is 4. The quantitative estimate of drug-likeness (QED) is 0.806. The zero-order chi connectivity index (χ0) is 17.6. The van der Waals surface area contributed by atoms with Crippen LogP contribution in [0, 0.1) is 0 Å². The van der Waals surface area contributed by atoms with Gasteiger partial charge in [0.25, 0.3) is 0 Å². The van der Waals surface area contributed by atoms with Crippen molar-refractivity contribution in [2.75, 3.05) is 49.2 Å². The first kappa shape index (κ1) is 18.1. The molecule has 2 aromatic carbocycles. The molecule has 0 bridgehead atoms. The van der Waals surface area contributed by atoms with Crippen LogP contribution >= 0.6 is 23.4 Å². The zero-order valence-corrected chi connectivity index (χ0v) is 15.8. The zero-order valence-electron chi connectivity index (χ0n) is 14.2. The van der Waals surface area contributed by atoms with Crippen molar-refractivity contribution < 1.29 is 4.79 Å². The van der Waals surface area contributed by atoms with Gasteiger partial charge in [-0.25, -0.2) is 0 Å². The van der Waals surface area contributed by atoms with Crippen molar-refractivity contribution in [1.82, 2.24) is 4.90 Å². The van der Waals surface area contributed by atoms with Crippen molar-refractivity contribution in [2.24, 2.45) is 0 Å². The SMILES string of the molecule is CSc1ccccc1NC(=O)CN1CCN(c2ccccc2Cl)CC1. The van der Waals surface area contributed by atoms with Crippen LogP contribution in [-0.2, 0) is 4.79 Å². The molecule has 25 heavy (non-hydrogen) atoms. The lowest BCUT2D eigenvalue weighted by Gasteiger charge is -2.36. The second-order valence-corrected chi connectivity index (χ2v) is 7.22. The summed E-state index contributed by atoms with van der Waals surface area (Å²) in [6.07, 6.45) is 2.01. The van der Waals surface area contributed by atoms with E-state index < -0.39 is 0 Å². The fourth-order valence-electron chi connectivity index (χ4n) is 3.00. The summed E-state index contributed by atoms with van der Waals surface area (Å²) in [5.74, 6) is 0.0349. The molecule has 0 unspecified atom stereocenters. The number of benzene rings is 2. The maximum absolute atomic E-state index is 12.4. The Morgan fingerprint density at radius 2 is 1.76 bits per heavy atom. The molecule has 1 saturated heterocycles. The molecule has 3 rings (SSSR count). The van der Waals surface area contributed by atoms with E-state index in [1.807, 2.05) is 54.8 Å². The van der Waals surface area contributed by atoms with E-state index in [1.165, 1.54) is 0 Å². The molecule has 2 aromatic rings. The average Bonchev–Trinajstić information content (AvgIpc) is 2.63. The van der Waals surface area contributed by atoms with Gasteiger partial charge >= 0.3 is 0 Å². The van der Waals surface area contributed by atoms with E-state index in [9.17, 15) is 4.79 Å². The third-order valence-electron chi connectivity index (χ3n) is 4.31. The Labute approximate surface area is 158 Å². The van der Waals surface area contributed by atoms with E-state index in [2.05, 4.69) is 15.1 Å². The summed E-state index contributed by atoms with van der Waals surface area (Å²) in [5.41, 5.74) is 1.96. The van der Waals surface area contributed by atoms with Crippen LogP contribution in [0.4, 0.5) is 11.4 Å². The summed E-state index contributed by atoms with van der Waals surface area (Å²) in [6.45, 7) is 3.86. The number of piperazine rings is 1. The summed E-state index contributed by atoms with van der Waals surface area (Å²) < 4.78 is 0. The summed E-state index contributed by atoms with van der Waals surface area (Å²) in [4.78, 5) is 17.9. The van der Waals surface area contributed by atoms with Gasteiger partial charge in [0.1, 0.15) is 0 Å². The van der Waals surface area contributed by atoms with Gasteiger partial charge < -0.3 is 10.2 Å². The van der Waals surface area contributed by atoms with Crippen LogP contribution in [0.25, 0.3) is 0 Å². The molecular formula is C19H22ClN3OS. The number of thioether (sulfide) groups is 1. The number of halogens is 1. The van der Waals surface area contributed by atoms with E-state index in [1.54, 1.807) is 11.8 Å². The molecule has 0 spiro atoms. The Morgan fingerprint density at radius 1 is 1.08 bits per heavy atom. The van der Waals surface area contributed by atoms with Gasteiger partial charge in [0.05, 0.1) is 22.9 Å². The van der Waals surface area contributed by atoms with E-state index in [0.717, 1.165) is 47.5 Å². The summed E-state index contributed by atoms with van der Waals surface area (Å²) >= 11 is 7.91. The van der Waals surface area contributed by atoms with E-state index >= 15 is 0 Å². The Bertz CT molecular complexity index is 732. The summed E-state index contributed by atoms with van der Waals surface area (Å²) in [6, 6.07) is 15.8. The van der Waals surface area contributed by atoms with E-state index in [-0.39, 0.29) is 5.91 Å². The van der Waals surface area contributed by atoms with Crippen LogP contribution in [0.2, 0.25) is 5.02 Å².